The highest BCUT2D eigenvalue weighted by Gasteiger charge is 2.22. The lowest BCUT2D eigenvalue weighted by atomic mass is 10.0. The second-order valence-corrected chi connectivity index (χ2v) is 9.32. The van der Waals surface area contributed by atoms with Gasteiger partial charge in [0.15, 0.2) is 0 Å². The predicted molar refractivity (Wildman–Crippen MR) is 122 cm³/mol. The first-order valence-electron chi connectivity index (χ1n) is 10.2. The van der Waals surface area contributed by atoms with Gasteiger partial charge in [-0.1, -0.05) is 17.7 Å². The summed E-state index contributed by atoms with van der Waals surface area (Å²) in [5, 5.41) is 3.95. The van der Waals surface area contributed by atoms with Crippen LogP contribution in [-0.2, 0) is 13.0 Å². The van der Waals surface area contributed by atoms with E-state index < -0.39 is 0 Å². The smallest absolute Gasteiger partial charge is 0.223 e. The Bertz CT molecular complexity index is 1090. The number of hydrogen-bond acceptors (Lipinski definition) is 6. The molecule has 4 rings (SSSR count). The van der Waals surface area contributed by atoms with Crippen LogP contribution in [0, 0.1) is 13.8 Å². The molecule has 0 atom stereocenters. The van der Waals surface area contributed by atoms with E-state index in [-0.39, 0.29) is 5.54 Å². The number of nitrogens with zero attached hydrogens (tertiary/aromatic N) is 5. The number of halogens is 1. The summed E-state index contributed by atoms with van der Waals surface area (Å²) in [6, 6.07) is 4.16. The highest BCUT2D eigenvalue weighted by molar-refractivity contribution is 6.33. The first-order valence-corrected chi connectivity index (χ1v) is 10.5. The fourth-order valence-corrected chi connectivity index (χ4v) is 3.88. The SMILES string of the molecule is Cc1cnc(-c2cc(N3CCc4nc(NC(C)(C)C)ncc4C3)ncc2Cl)c(C)c1. The van der Waals surface area contributed by atoms with Gasteiger partial charge in [-0.05, 0) is 51.8 Å². The van der Waals surface area contributed by atoms with E-state index in [0.717, 1.165) is 59.0 Å². The summed E-state index contributed by atoms with van der Waals surface area (Å²) in [5.41, 5.74) is 6.20. The highest BCUT2D eigenvalue weighted by Crippen LogP contribution is 2.32. The standard InChI is InChI=1S/C23H27ClN6/c1-14-8-15(2)21(26-10-14)17-9-20(25-12-18(17)24)30-7-6-19-16(13-30)11-27-22(28-19)29-23(3,4)5/h8-12H,6-7,13H2,1-5H3,(H,27,28,29). The number of pyridine rings is 2. The zero-order valence-corrected chi connectivity index (χ0v) is 18.9. The average molecular weight is 423 g/mol. The number of aromatic nitrogens is 4. The van der Waals surface area contributed by atoms with Crippen LogP contribution < -0.4 is 10.2 Å². The molecule has 30 heavy (non-hydrogen) atoms. The Morgan fingerprint density at radius 1 is 1.03 bits per heavy atom. The van der Waals surface area contributed by atoms with E-state index >= 15 is 0 Å². The number of aryl methyl sites for hydroxylation is 2. The zero-order chi connectivity index (χ0) is 21.5. The first-order chi connectivity index (χ1) is 14.2. The van der Waals surface area contributed by atoms with Gasteiger partial charge in [-0.25, -0.2) is 15.0 Å². The molecule has 3 aromatic heterocycles. The molecule has 0 aromatic carbocycles. The Labute approximate surface area is 182 Å². The van der Waals surface area contributed by atoms with Crippen LogP contribution in [0.5, 0.6) is 0 Å². The molecule has 7 heteroatoms. The van der Waals surface area contributed by atoms with Gasteiger partial charge in [0, 0.05) is 54.8 Å². The van der Waals surface area contributed by atoms with Gasteiger partial charge in [0.25, 0.3) is 0 Å². The fraction of sp³-hybridized carbons (Fsp3) is 0.391. The maximum absolute atomic E-state index is 6.48. The fourth-order valence-electron chi connectivity index (χ4n) is 3.69. The number of fused-ring (bicyclic) bond motifs is 1. The van der Waals surface area contributed by atoms with Crippen molar-refractivity contribution in [3.05, 3.63) is 58.1 Å². The number of rotatable bonds is 3. The van der Waals surface area contributed by atoms with Crippen LogP contribution in [0.4, 0.5) is 11.8 Å². The molecule has 156 valence electrons. The minimum absolute atomic E-state index is 0.0687. The maximum Gasteiger partial charge on any atom is 0.223 e. The van der Waals surface area contributed by atoms with Gasteiger partial charge < -0.3 is 10.2 Å². The molecule has 6 nitrogen and oxygen atoms in total. The molecular weight excluding hydrogens is 396 g/mol. The van der Waals surface area contributed by atoms with E-state index in [1.54, 1.807) is 6.20 Å². The summed E-state index contributed by atoms with van der Waals surface area (Å²) in [5.74, 6) is 1.57. The van der Waals surface area contributed by atoms with Crippen molar-refractivity contribution in [2.24, 2.45) is 0 Å². The second-order valence-electron chi connectivity index (χ2n) is 8.91. The molecular formula is C23H27ClN6. The van der Waals surface area contributed by atoms with Crippen molar-refractivity contribution in [3.8, 4) is 11.3 Å². The lowest BCUT2D eigenvalue weighted by molar-refractivity contribution is 0.621. The third-order valence-corrected chi connectivity index (χ3v) is 5.36. The van der Waals surface area contributed by atoms with E-state index in [2.05, 4.69) is 58.9 Å². The molecule has 0 radical (unpaired) electrons. The third kappa shape index (κ3) is 4.38. The maximum atomic E-state index is 6.48. The Balaban J connectivity index is 1.60. The normalized spacial score (nSPS) is 13.9. The number of anilines is 2. The molecule has 1 aliphatic heterocycles. The van der Waals surface area contributed by atoms with Crippen molar-refractivity contribution < 1.29 is 0 Å². The second kappa shape index (κ2) is 7.84. The molecule has 0 fully saturated rings. The summed E-state index contributed by atoms with van der Waals surface area (Å²) in [6.45, 7) is 12.0. The Hall–Kier alpha value is -2.73. The lowest BCUT2D eigenvalue weighted by Gasteiger charge is -2.30. The molecule has 0 bridgehead atoms. The van der Waals surface area contributed by atoms with E-state index in [9.17, 15) is 0 Å². The predicted octanol–water partition coefficient (Wildman–Crippen LogP) is 4.98. The van der Waals surface area contributed by atoms with Gasteiger partial charge in [-0.15, -0.1) is 0 Å². The van der Waals surface area contributed by atoms with Crippen molar-refractivity contribution in [3.63, 3.8) is 0 Å². The van der Waals surface area contributed by atoms with Crippen LogP contribution in [0.15, 0.2) is 30.7 Å². The summed E-state index contributed by atoms with van der Waals surface area (Å²) in [7, 11) is 0. The van der Waals surface area contributed by atoms with Crippen LogP contribution in [-0.4, -0.2) is 32.0 Å². The van der Waals surface area contributed by atoms with Crippen molar-refractivity contribution in [2.75, 3.05) is 16.8 Å². The van der Waals surface area contributed by atoms with Crippen molar-refractivity contribution in [2.45, 2.75) is 53.1 Å². The lowest BCUT2D eigenvalue weighted by Crippen LogP contribution is -2.33. The van der Waals surface area contributed by atoms with Gasteiger partial charge in [0.1, 0.15) is 5.82 Å². The van der Waals surface area contributed by atoms with E-state index in [4.69, 9.17) is 16.6 Å². The largest absolute Gasteiger partial charge is 0.352 e. The zero-order valence-electron chi connectivity index (χ0n) is 18.1. The molecule has 0 amide bonds. The summed E-state index contributed by atoms with van der Waals surface area (Å²) < 4.78 is 0. The van der Waals surface area contributed by atoms with Crippen LogP contribution in [0.1, 0.15) is 43.2 Å². The van der Waals surface area contributed by atoms with Crippen LogP contribution in [0.25, 0.3) is 11.3 Å². The third-order valence-electron chi connectivity index (χ3n) is 5.06. The Morgan fingerprint density at radius 2 is 1.83 bits per heavy atom. The minimum Gasteiger partial charge on any atom is -0.352 e. The summed E-state index contributed by atoms with van der Waals surface area (Å²) in [6.07, 6.45) is 6.36. The van der Waals surface area contributed by atoms with E-state index in [1.165, 1.54) is 0 Å². The summed E-state index contributed by atoms with van der Waals surface area (Å²) >= 11 is 6.48. The molecule has 1 N–H and O–H groups in total. The quantitative estimate of drug-likeness (QED) is 0.642. The highest BCUT2D eigenvalue weighted by atomic mass is 35.5. The van der Waals surface area contributed by atoms with Gasteiger partial charge in [-0.2, -0.15) is 0 Å². The van der Waals surface area contributed by atoms with Crippen molar-refractivity contribution in [1.82, 2.24) is 19.9 Å². The molecule has 0 aliphatic carbocycles. The van der Waals surface area contributed by atoms with Crippen LogP contribution in [0.3, 0.4) is 0 Å². The molecule has 0 saturated heterocycles. The topological polar surface area (TPSA) is 66.8 Å². The summed E-state index contributed by atoms with van der Waals surface area (Å²) in [4.78, 5) is 20.7. The molecule has 1 aliphatic rings. The monoisotopic (exact) mass is 422 g/mol. The number of hydrogen-bond donors (Lipinski definition) is 1. The molecule has 3 aromatic rings. The van der Waals surface area contributed by atoms with Crippen molar-refractivity contribution >= 4 is 23.4 Å². The van der Waals surface area contributed by atoms with Gasteiger partial charge >= 0.3 is 0 Å². The average Bonchev–Trinajstić information content (AvgIpc) is 2.67. The van der Waals surface area contributed by atoms with E-state index in [0.29, 0.717) is 11.0 Å². The van der Waals surface area contributed by atoms with E-state index in [1.807, 2.05) is 25.4 Å². The minimum atomic E-state index is -0.0687. The van der Waals surface area contributed by atoms with Crippen LogP contribution in [0.2, 0.25) is 5.02 Å². The van der Waals surface area contributed by atoms with Gasteiger partial charge in [-0.3, -0.25) is 4.98 Å². The Kier molecular flexibility index (Phi) is 5.36. The first kappa shape index (κ1) is 20.5. The molecule has 4 heterocycles. The molecule has 0 spiro atoms. The van der Waals surface area contributed by atoms with Gasteiger partial charge in [0.05, 0.1) is 16.4 Å². The van der Waals surface area contributed by atoms with Gasteiger partial charge in [0.2, 0.25) is 5.95 Å². The van der Waals surface area contributed by atoms with Crippen LogP contribution >= 0.6 is 11.6 Å². The van der Waals surface area contributed by atoms with Crippen molar-refractivity contribution in [1.29, 1.82) is 0 Å². The molecule has 0 saturated carbocycles. The molecule has 0 unspecified atom stereocenters. The Morgan fingerprint density at radius 3 is 2.57 bits per heavy atom. The number of nitrogens with one attached hydrogen (secondary N) is 1.